The maximum atomic E-state index is 12.6. The summed E-state index contributed by atoms with van der Waals surface area (Å²) in [6.07, 6.45) is 3.11. The highest BCUT2D eigenvalue weighted by atomic mass is 19.1. The number of alkyl halides is 1. The second kappa shape index (κ2) is 5.09. The number of carbonyl (C=O) groups excluding carboxylic acids is 1. The molecule has 0 atom stereocenters. The van der Waals surface area contributed by atoms with E-state index in [2.05, 4.69) is 0 Å². The zero-order valence-corrected chi connectivity index (χ0v) is 9.28. The molecule has 1 heterocycles. The summed E-state index contributed by atoms with van der Waals surface area (Å²) in [6.45, 7) is 2.47. The zero-order chi connectivity index (χ0) is 12.2. The van der Waals surface area contributed by atoms with Crippen LogP contribution < -0.4 is 0 Å². The fourth-order valence-corrected chi connectivity index (χ4v) is 1.65. The number of hydrogen-bond donors (Lipinski definition) is 1. The number of aliphatic carboxylic acids is 1. The van der Waals surface area contributed by atoms with Gasteiger partial charge in [-0.05, 0) is 18.3 Å². The number of nitrogens with zero attached hydrogens (tertiary/aromatic N) is 1. The molecule has 0 saturated carbocycles. The number of piperidine rings is 1. The van der Waals surface area contributed by atoms with E-state index in [0.29, 0.717) is 25.9 Å². The van der Waals surface area contributed by atoms with E-state index in [4.69, 9.17) is 5.11 Å². The number of halogens is 1. The normalized spacial score (nSPS) is 20.0. The molecule has 90 valence electrons. The zero-order valence-electron chi connectivity index (χ0n) is 9.28. The molecule has 0 aromatic rings. The third-order valence-corrected chi connectivity index (χ3v) is 2.97. The summed E-state index contributed by atoms with van der Waals surface area (Å²) in [5.41, 5.74) is -0.326. The summed E-state index contributed by atoms with van der Waals surface area (Å²) in [5.74, 6) is -1.46. The lowest BCUT2D eigenvalue weighted by atomic mass is 9.82. The molecule has 0 bridgehead atoms. The van der Waals surface area contributed by atoms with Gasteiger partial charge in [-0.15, -0.1) is 0 Å². The number of rotatable bonds is 3. The van der Waals surface area contributed by atoms with Crippen LogP contribution in [-0.2, 0) is 9.59 Å². The molecule has 1 N–H and O–H groups in total. The number of hydrogen-bond acceptors (Lipinski definition) is 2. The van der Waals surface area contributed by atoms with E-state index in [0.717, 1.165) is 12.2 Å². The monoisotopic (exact) mass is 229 g/mol. The Kier molecular flexibility index (Phi) is 4.04. The number of likely N-dealkylation sites (tertiary alicyclic amines) is 1. The predicted octanol–water partition coefficient (Wildman–Crippen LogP) is 1.23. The van der Waals surface area contributed by atoms with Crippen LogP contribution in [0.15, 0.2) is 12.2 Å². The van der Waals surface area contributed by atoms with Gasteiger partial charge in [0.05, 0.1) is 6.67 Å². The second-order valence-corrected chi connectivity index (χ2v) is 4.44. The van der Waals surface area contributed by atoms with Crippen LogP contribution >= 0.6 is 0 Å². The Labute approximate surface area is 93.7 Å². The van der Waals surface area contributed by atoms with Crippen molar-refractivity contribution in [1.29, 1.82) is 0 Å². The van der Waals surface area contributed by atoms with Crippen molar-refractivity contribution in [3.8, 4) is 0 Å². The largest absolute Gasteiger partial charge is 0.478 e. The molecule has 1 rings (SSSR count). The van der Waals surface area contributed by atoms with Crippen molar-refractivity contribution in [3.05, 3.63) is 12.2 Å². The Hall–Kier alpha value is -1.39. The third-order valence-electron chi connectivity index (χ3n) is 2.97. The van der Waals surface area contributed by atoms with Gasteiger partial charge in [-0.25, -0.2) is 4.79 Å². The molecular weight excluding hydrogens is 213 g/mol. The summed E-state index contributed by atoms with van der Waals surface area (Å²) in [5, 5.41) is 8.37. The topological polar surface area (TPSA) is 57.6 Å². The summed E-state index contributed by atoms with van der Waals surface area (Å²) >= 11 is 0. The minimum absolute atomic E-state index is 0.316. The minimum Gasteiger partial charge on any atom is -0.478 e. The Morgan fingerprint density at radius 3 is 2.38 bits per heavy atom. The summed E-state index contributed by atoms with van der Waals surface area (Å²) in [7, 11) is 0. The molecule has 5 heteroatoms. The molecule has 1 aliphatic rings. The molecule has 1 saturated heterocycles. The van der Waals surface area contributed by atoms with Crippen molar-refractivity contribution in [2.75, 3.05) is 19.8 Å². The van der Waals surface area contributed by atoms with E-state index in [9.17, 15) is 14.0 Å². The number of amides is 1. The fourth-order valence-electron chi connectivity index (χ4n) is 1.65. The van der Waals surface area contributed by atoms with Crippen molar-refractivity contribution in [2.24, 2.45) is 5.41 Å². The Morgan fingerprint density at radius 1 is 1.38 bits per heavy atom. The van der Waals surface area contributed by atoms with Crippen molar-refractivity contribution in [1.82, 2.24) is 4.90 Å². The molecule has 0 radical (unpaired) electrons. The van der Waals surface area contributed by atoms with Gasteiger partial charge in [0.15, 0.2) is 0 Å². The highest BCUT2D eigenvalue weighted by molar-refractivity contribution is 5.93. The highest BCUT2D eigenvalue weighted by Gasteiger charge is 2.31. The van der Waals surface area contributed by atoms with Gasteiger partial charge in [0.2, 0.25) is 5.91 Å². The van der Waals surface area contributed by atoms with Crippen LogP contribution in [0.3, 0.4) is 0 Å². The standard InChI is InChI=1S/C11H16FNO3/c1-11(8-12)4-6-13(7-5-11)9(14)2-3-10(15)16/h2-3H,4-8H2,1H3,(H,15,16)/b3-2+. The van der Waals surface area contributed by atoms with Crippen LogP contribution in [0.5, 0.6) is 0 Å². The van der Waals surface area contributed by atoms with Gasteiger partial charge in [-0.3, -0.25) is 9.18 Å². The van der Waals surface area contributed by atoms with Crippen LogP contribution in [0.25, 0.3) is 0 Å². The van der Waals surface area contributed by atoms with E-state index in [1.54, 1.807) is 4.90 Å². The van der Waals surface area contributed by atoms with Gasteiger partial charge >= 0.3 is 5.97 Å². The molecule has 16 heavy (non-hydrogen) atoms. The molecular formula is C11H16FNO3. The molecule has 0 aliphatic carbocycles. The van der Waals surface area contributed by atoms with E-state index >= 15 is 0 Å². The van der Waals surface area contributed by atoms with E-state index in [1.807, 2.05) is 6.92 Å². The first-order chi connectivity index (χ1) is 7.47. The number of carboxylic acid groups (broad SMARTS) is 1. The van der Waals surface area contributed by atoms with Gasteiger partial charge in [0.1, 0.15) is 0 Å². The van der Waals surface area contributed by atoms with Gasteiger partial charge in [-0.1, -0.05) is 6.92 Å². The molecule has 4 nitrogen and oxygen atoms in total. The van der Waals surface area contributed by atoms with Crippen LogP contribution in [0, 0.1) is 5.41 Å². The average molecular weight is 229 g/mol. The summed E-state index contributed by atoms with van der Waals surface area (Å²) in [4.78, 5) is 23.3. The fraction of sp³-hybridized carbons (Fsp3) is 0.636. The first-order valence-corrected chi connectivity index (χ1v) is 5.23. The van der Waals surface area contributed by atoms with Crippen molar-refractivity contribution in [2.45, 2.75) is 19.8 Å². The molecule has 0 unspecified atom stereocenters. The number of carboxylic acids is 1. The van der Waals surface area contributed by atoms with Gasteiger partial charge in [-0.2, -0.15) is 0 Å². The van der Waals surface area contributed by atoms with Crippen molar-refractivity contribution < 1.29 is 19.1 Å². The molecule has 0 spiro atoms. The Balaban J connectivity index is 2.48. The van der Waals surface area contributed by atoms with Gasteiger partial charge < -0.3 is 10.0 Å². The van der Waals surface area contributed by atoms with E-state index < -0.39 is 5.97 Å². The summed E-state index contributed by atoms with van der Waals surface area (Å²) < 4.78 is 12.6. The highest BCUT2D eigenvalue weighted by Crippen LogP contribution is 2.31. The van der Waals surface area contributed by atoms with Crippen LogP contribution in [-0.4, -0.2) is 41.6 Å². The van der Waals surface area contributed by atoms with Crippen molar-refractivity contribution >= 4 is 11.9 Å². The quantitative estimate of drug-likeness (QED) is 0.740. The van der Waals surface area contributed by atoms with Crippen LogP contribution in [0.4, 0.5) is 4.39 Å². The van der Waals surface area contributed by atoms with E-state index in [1.165, 1.54) is 0 Å². The smallest absolute Gasteiger partial charge is 0.328 e. The van der Waals surface area contributed by atoms with Gasteiger partial charge in [0, 0.05) is 25.2 Å². The van der Waals surface area contributed by atoms with Crippen molar-refractivity contribution in [3.63, 3.8) is 0 Å². The van der Waals surface area contributed by atoms with E-state index in [-0.39, 0.29) is 18.0 Å². The Morgan fingerprint density at radius 2 is 1.94 bits per heavy atom. The molecule has 0 aromatic carbocycles. The lowest BCUT2D eigenvalue weighted by Gasteiger charge is -2.37. The maximum Gasteiger partial charge on any atom is 0.328 e. The average Bonchev–Trinajstić information content (AvgIpc) is 2.27. The molecule has 1 aliphatic heterocycles. The first-order valence-electron chi connectivity index (χ1n) is 5.23. The maximum absolute atomic E-state index is 12.6. The molecule has 1 amide bonds. The minimum atomic E-state index is -1.14. The lowest BCUT2D eigenvalue weighted by molar-refractivity contribution is -0.132. The third kappa shape index (κ3) is 3.32. The van der Waals surface area contributed by atoms with Gasteiger partial charge in [0.25, 0.3) is 0 Å². The van der Waals surface area contributed by atoms with Crippen LogP contribution in [0.1, 0.15) is 19.8 Å². The first kappa shape index (κ1) is 12.7. The Bertz CT molecular complexity index is 306. The molecule has 0 aromatic heterocycles. The predicted molar refractivity (Wildman–Crippen MR) is 56.7 cm³/mol. The number of carbonyl (C=O) groups is 2. The van der Waals surface area contributed by atoms with Crippen LogP contribution in [0.2, 0.25) is 0 Å². The second-order valence-electron chi connectivity index (χ2n) is 4.44. The molecule has 1 fully saturated rings. The SMILES string of the molecule is CC1(CF)CCN(C(=O)/C=C/C(=O)O)CC1. The lowest BCUT2D eigenvalue weighted by Crippen LogP contribution is -2.42. The summed E-state index contributed by atoms with van der Waals surface area (Å²) in [6, 6.07) is 0.